The molecule has 1 heterocycles. The van der Waals surface area contributed by atoms with E-state index in [1.165, 1.54) is 0 Å². The second-order valence-electron chi connectivity index (χ2n) is 5.66. The van der Waals surface area contributed by atoms with E-state index in [1.807, 2.05) is 33.8 Å². The average Bonchev–Trinajstić information content (AvgIpc) is 2.45. The zero-order valence-corrected chi connectivity index (χ0v) is 12.9. The molecule has 18 heavy (non-hydrogen) atoms. The molecule has 1 fully saturated rings. The van der Waals surface area contributed by atoms with E-state index in [0.717, 1.165) is 4.47 Å². The summed E-state index contributed by atoms with van der Waals surface area (Å²) >= 11 is 3.31. The minimum atomic E-state index is -0.651. The molecule has 0 bridgehead atoms. The minimum absolute atomic E-state index is 0.275. The van der Waals surface area contributed by atoms with Gasteiger partial charge in [0.2, 0.25) is 0 Å². The Balaban J connectivity index is 2.39. The Morgan fingerprint density at radius 2 is 1.61 bits per heavy atom. The van der Waals surface area contributed by atoms with Gasteiger partial charge in [-0.15, -0.1) is 0 Å². The van der Waals surface area contributed by atoms with Crippen LogP contribution in [-0.4, -0.2) is 18.3 Å². The Morgan fingerprint density at radius 1 is 1.11 bits per heavy atom. The topological polar surface area (TPSA) is 18.5 Å². The van der Waals surface area contributed by atoms with Gasteiger partial charge in [-0.2, -0.15) is 0 Å². The summed E-state index contributed by atoms with van der Waals surface area (Å²) in [5, 5.41) is 0. The van der Waals surface area contributed by atoms with E-state index in [-0.39, 0.29) is 5.82 Å². The highest BCUT2D eigenvalue weighted by Crippen LogP contribution is 2.36. The summed E-state index contributed by atoms with van der Waals surface area (Å²) < 4.78 is 26.7. The van der Waals surface area contributed by atoms with Crippen LogP contribution in [0.4, 0.5) is 4.39 Å². The SMILES string of the molecule is Cc1c(Br)ccc(B2OC(C)(C)C(C)(C)O2)c1F. The predicted molar refractivity (Wildman–Crippen MR) is 74.6 cm³/mol. The first kappa shape index (κ1) is 14.0. The monoisotopic (exact) mass is 314 g/mol. The molecular formula is C13H17BBrFO2. The molecule has 0 aromatic heterocycles. The normalized spacial score (nSPS) is 21.4. The highest BCUT2D eigenvalue weighted by molar-refractivity contribution is 9.10. The van der Waals surface area contributed by atoms with Gasteiger partial charge in [0, 0.05) is 9.94 Å². The van der Waals surface area contributed by atoms with Gasteiger partial charge in [0.05, 0.1) is 11.2 Å². The molecule has 0 N–H and O–H groups in total. The molecule has 0 saturated carbocycles. The lowest BCUT2D eigenvalue weighted by atomic mass is 9.78. The van der Waals surface area contributed by atoms with Gasteiger partial charge in [-0.1, -0.05) is 22.0 Å². The van der Waals surface area contributed by atoms with Crippen LogP contribution >= 0.6 is 15.9 Å². The number of benzene rings is 1. The largest absolute Gasteiger partial charge is 0.497 e. The lowest BCUT2D eigenvalue weighted by Crippen LogP contribution is -2.41. The highest BCUT2D eigenvalue weighted by Gasteiger charge is 2.52. The van der Waals surface area contributed by atoms with E-state index in [2.05, 4.69) is 15.9 Å². The van der Waals surface area contributed by atoms with E-state index < -0.39 is 18.3 Å². The molecule has 0 aliphatic carbocycles. The Hall–Kier alpha value is -0.385. The fraction of sp³-hybridized carbons (Fsp3) is 0.538. The Kier molecular flexibility index (Phi) is 3.37. The smallest absolute Gasteiger partial charge is 0.399 e. The highest BCUT2D eigenvalue weighted by atomic mass is 79.9. The molecule has 0 unspecified atom stereocenters. The maximum atomic E-state index is 14.2. The maximum absolute atomic E-state index is 14.2. The van der Waals surface area contributed by atoms with Crippen molar-refractivity contribution in [3.05, 3.63) is 28.0 Å². The molecule has 0 atom stereocenters. The molecule has 1 saturated heterocycles. The number of hydrogen-bond acceptors (Lipinski definition) is 2. The molecule has 1 aliphatic heterocycles. The molecule has 1 aliphatic rings. The van der Waals surface area contributed by atoms with Crippen LogP contribution in [0.5, 0.6) is 0 Å². The van der Waals surface area contributed by atoms with Gasteiger partial charge in [0.1, 0.15) is 5.82 Å². The molecule has 0 spiro atoms. The van der Waals surface area contributed by atoms with Crippen molar-refractivity contribution in [1.82, 2.24) is 0 Å². The molecule has 2 nitrogen and oxygen atoms in total. The first-order valence-corrected chi connectivity index (χ1v) is 6.75. The van der Waals surface area contributed by atoms with Crippen LogP contribution in [0.1, 0.15) is 33.3 Å². The average molecular weight is 315 g/mol. The third kappa shape index (κ3) is 2.13. The van der Waals surface area contributed by atoms with Crippen LogP contribution < -0.4 is 5.46 Å². The van der Waals surface area contributed by atoms with E-state index in [9.17, 15) is 4.39 Å². The van der Waals surface area contributed by atoms with E-state index >= 15 is 0 Å². The van der Waals surface area contributed by atoms with Crippen molar-refractivity contribution in [3.63, 3.8) is 0 Å². The van der Waals surface area contributed by atoms with E-state index in [0.29, 0.717) is 11.0 Å². The lowest BCUT2D eigenvalue weighted by Gasteiger charge is -2.32. The molecule has 2 rings (SSSR count). The van der Waals surface area contributed by atoms with Crippen LogP contribution in [0.3, 0.4) is 0 Å². The molecule has 98 valence electrons. The summed E-state index contributed by atoms with van der Waals surface area (Å²) in [5.74, 6) is -0.275. The molecule has 5 heteroatoms. The van der Waals surface area contributed by atoms with Crippen molar-refractivity contribution >= 4 is 28.5 Å². The van der Waals surface area contributed by atoms with Crippen molar-refractivity contribution in [2.45, 2.75) is 45.8 Å². The Morgan fingerprint density at radius 3 is 2.11 bits per heavy atom. The number of rotatable bonds is 1. The fourth-order valence-electron chi connectivity index (χ4n) is 1.83. The van der Waals surface area contributed by atoms with Crippen LogP contribution in [0.2, 0.25) is 0 Å². The predicted octanol–water partition coefficient (Wildman–Crippen LogP) is 3.20. The zero-order chi connectivity index (χ0) is 13.7. The summed E-state index contributed by atoms with van der Waals surface area (Å²) in [5.41, 5.74) is 0.118. The molecular weight excluding hydrogens is 298 g/mol. The van der Waals surface area contributed by atoms with Crippen molar-refractivity contribution in [1.29, 1.82) is 0 Å². The summed E-state index contributed by atoms with van der Waals surface area (Å²) in [6.07, 6.45) is 0. The first-order chi connectivity index (χ1) is 8.16. The maximum Gasteiger partial charge on any atom is 0.497 e. The number of halogens is 2. The Bertz CT molecular complexity index is 472. The van der Waals surface area contributed by atoms with Crippen molar-refractivity contribution in [2.75, 3.05) is 0 Å². The van der Waals surface area contributed by atoms with Crippen LogP contribution in [-0.2, 0) is 9.31 Å². The van der Waals surface area contributed by atoms with Gasteiger partial charge in [-0.05, 0) is 46.2 Å². The van der Waals surface area contributed by atoms with Gasteiger partial charge in [0.15, 0.2) is 0 Å². The van der Waals surface area contributed by atoms with Crippen molar-refractivity contribution in [3.8, 4) is 0 Å². The van der Waals surface area contributed by atoms with E-state index in [4.69, 9.17) is 9.31 Å². The third-order valence-electron chi connectivity index (χ3n) is 3.86. The lowest BCUT2D eigenvalue weighted by molar-refractivity contribution is 0.00578. The summed E-state index contributed by atoms with van der Waals surface area (Å²) in [6, 6.07) is 3.52. The quantitative estimate of drug-likeness (QED) is 0.741. The second-order valence-corrected chi connectivity index (χ2v) is 6.52. The summed E-state index contributed by atoms with van der Waals surface area (Å²) in [4.78, 5) is 0. The van der Waals surface area contributed by atoms with Crippen LogP contribution in [0, 0.1) is 12.7 Å². The Labute approximate surface area is 116 Å². The van der Waals surface area contributed by atoms with Crippen LogP contribution in [0.15, 0.2) is 16.6 Å². The van der Waals surface area contributed by atoms with Gasteiger partial charge in [0.25, 0.3) is 0 Å². The number of hydrogen-bond donors (Lipinski definition) is 0. The second kappa shape index (κ2) is 4.32. The minimum Gasteiger partial charge on any atom is -0.399 e. The first-order valence-electron chi connectivity index (χ1n) is 5.96. The fourth-order valence-corrected chi connectivity index (χ4v) is 2.14. The molecule has 0 amide bonds. The summed E-state index contributed by atoms with van der Waals surface area (Å²) in [7, 11) is -0.651. The molecule has 1 aromatic carbocycles. The zero-order valence-electron chi connectivity index (χ0n) is 11.3. The van der Waals surface area contributed by atoms with Gasteiger partial charge in [-0.25, -0.2) is 4.39 Å². The standard InChI is InChI=1S/C13H17BBrFO2/c1-8-10(15)7-6-9(11(8)16)14-17-12(2,3)13(4,5)18-14/h6-7H,1-5H3. The van der Waals surface area contributed by atoms with Crippen molar-refractivity contribution < 1.29 is 13.7 Å². The van der Waals surface area contributed by atoms with Crippen LogP contribution in [0.25, 0.3) is 0 Å². The van der Waals surface area contributed by atoms with Gasteiger partial charge >= 0.3 is 7.12 Å². The molecule has 0 radical (unpaired) electrons. The van der Waals surface area contributed by atoms with Crippen molar-refractivity contribution in [2.24, 2.45) is 0 Å². The third-order valence-corrected chi connectivity index (χ3v) is 4.72. The van der Waals surface area contributed by atoms with Gasteiger partial charge < -0.3 is 9.31 Å². The molecule has 1 aromatic rings. The summed E-state index contributed by atoms with van der Waals surface area (Å²) in [6.45, 7) is 9.55. The van der Waals surface area contributed by atoms with E-state index in [1.54, 1.807) is 13.0 Å². The van der Waals surface area contributed by atoms with Gasteiger partial charge in [-0.3, -0.25) is 0 Å².